The number of aromatic nitrogens is 2. The number of likely N-dealkylation sites (tertiary alicyclic amines) is 1. The Bertz CT molecular complexity index is 1450. The fraction of sp³-hybridized carbons (Fsp3) is 0.429. The molecule has 0 spiro atoms. The maximum absolute atomic E-state index is 13.6. The molecule has 0 radical (unpaired) electrons. The summed E-state index contributed by atoms with van der Waals surface area (Å²) in [6.45, 7) is 4.87. The van der Waals surface area contributed by atoms with Crippen molar-refractivity contribution in [3.05, 3.63) is 68.4 Å². The van der Waals surface area contributed by atoms with Gasteiger partial charge < -0.3 is 19.7 Å². The van der Waals surface area contributed by atoms with E-state index in [2.05, 4.69) is 5.32 Å². The summed E-state index contributed by atoms with van der Waals surface area (Å²) in [5.74, 6) is 0.298. The zero-order valence-corrected chi connectivity index (χ0v) is 22.3. The fourth-order valence-electron chi connectivity index (χ4n) is 4.76. The summed E-state index contributed by atoms with van der Waals surface area (Å²) in [4.78, 5) is 54.4. The van der Waals surface area contributed by atoms with Crippen molar-refractivity contribution >= 4 is 22.7 Å². The highest BCUT2D eigenvalue weighted by Gasteiger charge is 2.20. The molecule has 0 atom stereocenters. The molecule has 0 bridgehead atoms. The van der Waals surface area contributed by atoms with Crippen molar-refractivity contribution in [3.8, 4) is 11.5 Å². The van der Waals surface area contributed by atoms with Gasteiger partial charge >= 0.3 is 5.69 Å². The number of nitrogens with one attached hydrogen (secondary N) is 1. The Kier molecular flexibility index (Phi) is 8.19. The number of carbonyl (C=O) groups is 2. The molecule has 2 heterocycles. The summed E-state index contributed by atoms with van der Waals surface area (Å²) in [5.41, 5.74) is 0.385. The third-order valence-electron chi connectivity index (χ3n) is 6.67. The lowest BCUT2D eigenvalue weighted by Gasteiger charge is -2.26. The number of ether oxygens (including phenoxy) is 2. The highest BCUT2D eigenvalue weighted by molar-refractivity contribution is 5.94. The van der Waals surface area contributed by atoms with Crippen molar-refractivity contribution < 1.29 is 19.1 Å². The van der Waals surface area contributed by atoms with Crippen molar-refractivity contribution in [1.82, 2.24) is 19.4 Å². The molecule has 38 heavy (non-hydrogen) atoms. The van der Waals surface area contributed by atoms with Crippen molar-refractivity contribution in [2.75, 3.05) is 27.3 Å². The Hall–Kier alpha value is -4.08. The van der Waals surface area contributed by atoms with E-state index >= 15 is 0 Å². The standard InChI is InChI=1S/C28H34N4O6/c1-18(2)29-25(33)17-31-22-15-24(38-4)23(37-3)14-21(22)27(35)32(28(31)36)16-19-8-10-20(11-9-19)26(34)30-12-6-5-7-13-30/h8-11,14-15,18H,5-7,12-13,16-17H2,1-4H3,(H,29,33). The molecule has 1 fully saturated rings. The molecule has 1 aliphatic heterocycles. The smallest absolute Gasteiger partial charge is 0.332 e. The summed E-state index contributed by atoms with van der Waals surface area (Å²) in [7, 11) is 2.92. The maximum Gasteiger partial charge on any atom is 0.332 e. The third-order valence-corrected chi connectivity index (χ3v) is 6.67. The number of hydrogen-bond donors (Lipinski definition) is 1. The first kappa shape index (κ1) is 27.0. The first-order valence-corrected chi connectivity index (χ1v) is 12.8. The predicted molar refractivity (Wildman–Crippen MR) is 144 cm³/mol. The quantitative estimate of drug-likeness (QED) is 0.486. The lowest BCUT2D eigenvalue weighted by Crippen LogP contribution is -2.43. The number of hydrogen-bond acceptors (Lipinski definition) is 6. The van der Waals surface area contributed by atoms with Crippen LogP contribution in [0.5, 0.6) is 11.5 Å². The molecule has 1 saturated heterocycles. The number of amides is 2. The van der Waals surface area contributed by atoms with Crippen molar-refractivity contribution in [2.24, 2.45) is 0 Å². The van der Waals surface area contributed by atoms with E-state index in [1.807, 2.05) is 18.7 Å². The third kappa shape index (κ3) is 5.58. The largest absolute Gasteiger partial charge is 0.493 e. The number of fused-ring (bicyclic) bond motifs is 1. The average molecular weight is 523 g/mol. The van der Waals surface area contributed by atoms with Gasteiger partial charge in [0.05, 0.1) is 31.7 Å². The van der Waals surface area contributed by atoms with Gasteiger partial charge in [-0.3, -0.25) is 23.5 Å². The zero-order chi connectivity index (χ0) is 27.4. The summed E-state index contributed by atoms with van der Waals surface area (Å²) in [6, 6.07) is 9.88. The normalized spacial score (nSPS) is 13.6. The molecule has 0 aliphatic carbocycles. The van der Waals surface area contributed by atoms with E-state index < -0.39 is 11.2 Å². The van der Waals surface area contributed by atoms with E-state index in [4.69, 9.17) is 9.47 Å². The second-order valence-corrected chi connectivity index (χ2v) is 9.76. The van der Waals surface area contributed by atoms with Crippen LogP contribution >= 0.6 is 0 Å². The summed E-state index contributed by atoms with van der Waals surface area (Å²) >= 11 is 0. The second kappa shape index (κ2) is 11.5. The summed E-state index contributed by atoms with van der Waals surface area (Å²) in [6.07, 6.45) is 3.15. The van der Waals surface area contributed by atoms with Crippen LogP contribution in [0.15, 0.2) is 46.0 Å². The minimum Gasteiger partial charge on any atom is -0.493 e. The molecule has 1 aromatic heterocycles. The van der Waals surface area contributed by atoms with Crippen LogP contribution in [0.2, 0.25) is 0 Å². The zero-order valence-electron chi connectivity index (χ0n) is 22.3. The molecule has 10 nitrogen and oxygen atoms in total. The molecular weight excluding hydrogens is 488 g/mol. The second-order valence-electron chi connectivity index (χ2n) is 9.76. The molecule has 2 aromatic carbocycles. The fourth-order valence-corrected chi connectivity index (χ4v) is 4.76. The molecular formula is C28H34N4O6. The number of methoxy groups -OCH3 is 2. The Morgan fingerprint density at radius 2 is 1.55 bits per heavy atom. The van der Waals surface area contributed by atoms with E-state index in [-0.39, 0.29) is 41.8 Å². The number of rotatable bonds is 8. The summed E-state index contributed by atoms with van der Waals surface area (Å²) < 4.78 is 13.1. The average Bonchev–Trinajstić information content (AvgIpc) is 2.92. The minimum atomic E-state index is -0.623. The van der Waals surface area contributed by atoms with Crippen molar-refractivity contribution in [3.63, 3.8) is 0 Å². The van der Waals surface area contributed by atoms with E-state index in [9.17, 15) is 19.2 Å². The maximum atomic E-state index is 13.6. The van der Waals surface area contributed by atoms with E-state index in [1.54, 1.807) is 24.3 Å². The van der Waals surface area contributed by atoms with Crippen LogP contribution in [-0.2, 0) is 17.9 Å². The molecule has 3 aromatic rings. The SMILES string of the molecule is COc1cc2c(=O)n(Cc3ccc(C(=O)N4CCCCC4)cc3)c(=O)n(CC(=O)NC(C)C)c2cc1OC. The monoisotopic (exact) mass is 522 g/mol. The summed E-state index contributed by atoms with van der Waals surface area (Å²) in [5, 5.41) is 3.00. The highest BCUT2D eigenvalue weighted by atomic mass is 16.5. The predicted octanol–water partition coefficient (Wildman–Crippen LogP) is 2.38. The van der Waals surface area contributed by atoms with Crippen molar-refractivity contribution in [1.29, 1.82) is 0 Å². The molecule has 2 amide bonds. The van der Waals surface area contributed by atoms with Crippen LogP contribution in [-0.4, -0.2) is 59.2 Å². The van der Waals surface area contributed by atoms with Gasteiger partial charge in [-0.15, -0.1) is 0 Å². The number of benzene rings is 2. The van der Waals surface area contributed by atoms with Gasteiger partial charge in [-0.1, -0.05) is 12.1 Å². The van der Waals surface area contributed by atoms with Crippen molar-refractivity contribution in [2.45, 2.75) is 52.2 Å². The lowest BCUT2D eigenvalue weighted by molar-refractivity contribution is -0.122. The molecule has 0 unspecified atom stereocenters. The van der Waals surface area contributed by atoms with Crippen LogP contribution < -0.4 is 26.0 Å². The Morgan fingerprint density at radius 3 is 2.16 bits per heavy atom. The van der Waals surface area contributed by atoms with Crippen LogP contribution in [0.1, 0.15) is 49.0 Å². The number of nitrogens with zero attached hydrogens (tertiary/aromatic N) is 3. The molecule has 4 rings (SSSR count). The molecule has 10 heteroatoms. The van der Waals surface area contributed by atoms with Gasteiger partial charge in [-0.05, 0) is 56.9 Å². The van der Waals surface area contributed by atoms with Crippen LogP contribution in [0, 0.1) is 0 Å². The highest BCUT2D eigenvalue weighted by Crippen LogP contribution is 2.30. The van der Waals surface area contributed by atoms with Crippen LogP contribution in [0.25, 0.3) is 10.9 Å². The molecule has 202 valence electrons. The van der Waals surface area contributed by atoms with Gasteiger partial charge in [0.2, 0.25) is 5.91 Å². The topological polar surface area (TPSA) is 112 Å². The van der Waals surface area contributed by atoms with Gasteiger partial charge in [0.25, 0.3) is 11.5 Å². The van der Waals surface area contributed by atoms with E-state index in [0.717, 1.165) is 36.9 Å². The first-order chi connectivity index (χ1) is 18.2. The molecule has 0 saturated carbocycles. The minimum absolute atomic E-state index is 0.0151. The Balaban J connectivity index is 1.75. The van der Waals surface area contributed by atoms with Gasteiger partial charge in [0, 0.05) is 30.8 Å². The van der Waals surface area contributed by atoms with E-state index in [1.165, 1.54) is 30.9 Å². The Labute approximate surface area is 220 Å². The van der Waals surface area contributed by atoms with Gasteiger partial charge in [0.1, 0.15) is 6.54 Å². The van der Waals surface area contributed by atoms with E-state index in [0.29, 0.717) is 22.6 Å². The van der Waals surface area contributed by atoms with Gasteiger partial charge in [-0.2, -0.15) is 0 Å². The van der Waals surface area contributed by atoms with Crippen LogP contribution in [0.3, 0.4) is 0 Å². The van der Waals surface area contributed by atoms with Crippen LogP contribution in [0.4, 0.5) is 0 Å². The van der Waals surface area contributed by atoms with Gasteiger partial charge in [-0.25, -0.2) is 4.79 Å². The Morgan fingerprint density at radius 1 is 0.921 bits per heavy atom. The molecule has 1 N–H and O–H groups in total. The number of piperidine rings is 1. The first-order valence-electron chi connectivity index (χ1n) is 12.8. The van der Waals surface area contributed by atoms with Gasteiger partial charge in [0.15, 0.2) is 11.5 Å². The molecule has 1 aliphatic rings. The lowest BCUT2D eigenvalue weighted by atomic mass is 10.1. The number of carbonyl (C=O) groups excluding carboxylic acids is 2.